The summed E-state index contributed by atoms with van der Waals surface area (Å²) in [7, 11) is 0. The van der Waals surface area contributed by atoms with Crippen molar-refractivity contribution < 1.29 is 19.1 Å². The largest absolute Gasteiger partial charge is 0.477 e. The summed E-state index contributed by atoms with van der Waals surface area (Å²) >= 11 is 0. The first-order valence-electron chi connectivity index (χ1n) is 10.3. The highest BCUT2D eigenvalue weighted by molar-refractivity contribution is 6.00. The van der Waals surface area contributed by atoms with E-state index in [2.05, 4.69) is 5.32 Å². The molecule has 1 saturated heterocycles. The predicted octanol–water partition coefficient (Wildman–Crippen LogP) is 1.76. The van der Waals surface area contributed by atoms with Crippen molar-refractivity contribution in [1.29, 1.82) is 0 Å². The lowest BCUT2D eigenvalue weighted by molar-refractivity contribution is -0.133. The maximum Gasteiger partial charge on any atom is 0.262 e. The molecule has 2 heterocycles. The van der Waals surface area contributed by atoms with Gasteiger partial charge >= 0.3 is 0 Å². The third-order valence-electron chi connectivity index (χ3n) is 5.42. The number of nitrogens with one attached hydrogen (secondary N) is 1. The number of ether oxygens (including phenoxy) is 1. The maximum atomic E-state index is 13.0. The lowest BCUT2D eigenvalue weighted by Gasteiger charge is -2.35. The van der Waals surface area contributed by atoms with E-state index in [1.54, 1.807) is 28.0 Å². The lowest BCUT2D eigenvalue weighted by Crippen LogP contribution is -2.52. The first-order chi connectivity index (χ1) is 14.6. The number of para-hydroxylation sites is 2. The third kappa shape index (κ3) is 4.45. The van der Waals surface area contributed by atoms with Gasteiger partial charge in [-0.05, 0) is 30.5 Å². The van der Waals surface area contributed by atoms with Crippen LogP contribution in [0.15, 0.2) is 54.6 Å². The summed E-state index contributed by atoms with van der Waals surface area (Å²) in [6.07, 6.45) is 1.18. The van der Waals surface area contributed by atoms with Crippen LogP contribution >= 0.6 is 0 Å². The first kappa shape index (κ1) is 19.9. The molecule has 2 aromatic carbocycles. The highest BCUT2D eigenvalue weighted by Crippen LogP contribution is 2.33. The van der Waals surface area contributed by atoms with Gasteiger partial charge < -0.3 is 19.9 Å². The Balaban J connectivity index is 1.42. The number of carbonyl (C=O) groups excluding carboxylic acids is 3. The molecule has 0 radical (unpaired) electrons. The van der Waals surface area contributed by atoms with Crippen LogP contribution < -0.4 is 15.0 Å². The van der Waals surface area contributed by atoms with Crippen LogP contribution in [0, 0.1) is 0 Å². The van der Waals surface area contributed by atoms with Crippen molar-refractivity contribution in [1.82, 2.24) is 10.2 Å². The van der Waals surface area contributed by atoms with Crippen molar-refractivity contribution >= 4 is 23.4 Å². The molecule has 7 heteroatoms. The van der Waals surface area contributed by atoms with Crippen molar-refractivity contribution in [2.24, 2.45) is 0 Å². The Bertz CT molecular complexity index is 931. The molecule has 1 fully saturated rings. The number of rotatable bonds is 6. The third-order valence-corrected chi connectivity index (χ3v) is 5.42. The molecule has 0 spiro atoms. The molecule has 7 nitrogen and oxygen atoms in total. The number of amides is 3. The number of likely N-dealkylation sites (tertiary alicyclic amines) is 1. The lowest BCUT2D eigenvalue weighted by atomic mass is 10.1. The Labute approximate surface area is 175 Å². The van der Waals surface area contributed by atoms with Crippen LogP contribution in [-0.2, 0) is 20.8 Å². The second-order valence-electron chi connectivity index (χ2n) is 7.52. The molecule has 2 aromatic rings. The van der Waals surface area contributed by atoms with E-state index >= 15 is 0 Å². The van der Waals surface area contributed by atoms with Crippen LogP contribution in [0.1, 0.15) is 18.4 Å². The van der Waals surface area contributed by atoms with Gasteiger partial charge in [0.05, 0.1) is 12.2 Å². The summed E-state index contributed by atoms with van der Waals surface area (Å²) in [5.41, 5.74) is 1.77. The Kier molecular flexibility index (Phi) is 5.97. The summed E-state index contributed by atoms with van der Waals surface area (Å²) in [5.74, 6) is 0.0340. The molecule has 30 heavy (non-hydrogen) atoms. The van der Waals surface area contributed by atoms with Gasteiger partial charge in [-0.25, -0.2) is 0 Å². The number of anilines is 1. The zero-order valence-corrected chi connectivity index (χ0v) is 16.8. The summed E-state index contributed by atoms with van der Waals surface area (Å²) in [6.45, 7) is 1.23. The summed E-state index contributed by atoms with van der Waals surface area (Å²) in [6, 6.07) is 17.1. The Hall–Kier alpha value is -3.35. The van der Waals surface area contributed by atoms with Crippen molar-refractivity contribution in [3.8, 4) is 5.75 Å². The topological polar surface area (TPSA) is 79.0 Å². The number of nitrogens with zero attached hydrogens (tertiary/aromatic N) is 2. The summed E-state index contributed by atoms with van der Waals surface area (Å²) in [4.78, 5) is 40.8. The molecule has 156 valence electrons. The number of hydrogen-bond donors (Lipinski definition) is 1. The average Bonchev–Trinajstić information content (AvgIpc) is 3.17. The number of fused-ring (bicyclic) bond motifs is 1. The minimum atomic E-state index is -0.797. The molecule has 0 aliphatic carbocycles. The minimum Gasteiger partial charge on any atom is -0.477 e. The van der Waals surface area contributed by atoms with Crippen LogP contribution in [0.25, 0.3) is 0 Å². The van der Waals surface area contributed by atoms with E-state index in [1.165, 1.54) is 0 Å². The number of hydrogen-bond acceptors (Lipinski definition) is 4. The van der Waals surface area contributed by atoms with Crippen molar-refractivity contribution in [3.05, 3.63) is 60.2 Å². The second kappa shape index (κ2) is 8.98. The van der Waals surface area contributed by atoms with Gasteiger partial charge in [0.25, 0.3) is 5.91 Å². The summed E-state index contributed by atoms with van der Waals surface area (Å²) in [5, 5.41) is 2.90. The zero-order chi connectivity index (χ0) is 20.9. The normalized spacial score (nSPS) is 18.0. The van der Waals surface area contributed by atoms with E-state index in [-0.39, 0.29) is 30.8 Å². The fourth-order valence-corrected chi connectivity index (χ4v) is 3.82. The fraction of sp³-hybridized carbons (Fsp3) is 0.348. The monoisotopic (exact) mass is 407 g/mol. The van der Waals surface area contributed by atoms with E-state index in [0.29, 0.717) is 30.9 Å². The van der Waals surface area contributed by atoms with Crippen LogP contribution in [0.2, 0.25) is 0 Å². The molecular weight excluding hydrogens is 382 g/mol. The highest BCUT2D eigenvalue weighted by Gasteiger charge is 2.35. The number of carbonyl (C=O) groups is 3. The molecule has 1 atom stereocenters. The van der Waals surface area contributed by atoms with Crippen LogP contribution in [0.5, 0.6) is 5.75 Å². The molecule has 0 aromatic heterocycles. The zero-order valence-electron chi connectivity index (χ0n) is 16.8. The van der Waals surface area contributed by atoms with E-state index < -0.39 is 6.10 Å². The van der Waals surface area contributed by atoms with Crippen molar-refractivity contribution in [2.45, 2.75) is 25.4 Å². The van der Waals surface area contributed by atoms with E-state index in [9.17, 15) is 14.4 Å². The van der Waals surface area contributed by atoms with Crippen LogP contribution in [0.3, 0.4) is 0 Å². The smallest absolute Gasteiger partial charge is 0.262 e. The van der Waals surface area contributed by atoms with Gasteiger partial charge in [-0.1, -0.05) is 42.5 Å². The summed E-state index contributed by atoms with van der Waals surface area (Å²) < 4.78 is 5.88. The Morgan fingerprint density at radius 2 is 1.83 bits per heavy atom. The van der Waals surface area contributed by atoms with Gasteiger partial charge in [0.15, 0.2) is 6.10 Å². The van der Waals surface area contributed by atoms with E-state index in [1.807, 2.05) is 36.4 Å². The molecule has 2 aliphatic heterocycles. The first-order valence-corrected chi connectivity index (χ1v) is 10.3. The molecule has 4 rings (SSSR count). The highest BCUT2D eigenvalue weighted by atomic mass is 16.5. The standard InChI is InChI=1S/C23H25N3O4/c27-21-11-6-14-25(21)16-22(28)26-15-20(30-19-10-5-4-9-18(19)26)23(29)24-13-12-17-7-2-1-3-8-17/h1-5,7-10,20H,6,11-16H2,(H,24,29). The van der Waals surface area contributed by atoms with E-state index in [4.69, 9.17) is 4.74 Å². The predicted molar refractivity (Wildman–Crippen MR) is 112 cm³/mol. The van der Waals surface area contributed by atoms with Gasteiger partial charge in [-0.3, -0.25) is 14.4 Å². The van der Waals surface area contributed by atoms with E-state index in [0.717, 1.165) is 18.4 Å². The molecule has 3 amide bonds. The van der Waals surface area contributed by atoms with Crippen LogP contribution in [0.4, 0.5) is 5.69 Å². The molecule has 0 saturated carbocycles. The van der Waals surface area contributed by atoms with Gasteiger partial charge in [0, 0.05) is 19.5 Å². The molecule has 1 N–H and O–H groups in total. The van der Waals surface area contributed by atoms with Gasteiger partial charge in [0.1, 0.15) is 12.3 Å². The van der Waals surface area contributed by atoms with Crippen LogP contribution in [-0.4, -0.2) is 54.9 Å². The SMILES string of the molecule is O=C(NCCc1ccccc1)C1CN(C(=O)CN2CCCC2=O)c2ccccc2O1. The van der Waals surface area contributed by atoms with Crippen molar-refractivity contribution in [2.75, 3.05) is 31.1 Å². The van der Waals surface area contributed by atoms with Gasteiger partial charge in [-0.15, -0.1) is 0 Å². The molecule has 1 unspecified atom stereocenters. The van der Waals surface area contributed by atoms with Gasteiger partial charge in [0.2, 0.25) is 11.8 Å². The molecule has 2 aliphatic rings. The Morgan fingerprint density at radius 1 is 1.07 bits per heavy atom. The second-order valence-corrected chi connectivity index (χ2v) is 7.52. The fourth-order valence-electron chi connectivity index (χ4n) is 3.82. The molecular formula is C23H25N3O4. The molecule has 0 bridgehead atoms. The van der Waals surface area contributed by atoms with Gasteiger partial charge in [-0.2, -0.15) is 0 Å². The van der Waals surface area contributed by atoms with Crippen molar-refractivity contribution in [3.63, 3.8) is 0 Å². The Morgan fingerprint density at radius 3 is 2.60 bits per heavy atom. The quantitative estimate of drug-likeness (QED) is 0.792. The average molecular weight is 407 g/mol. The number of benzene rings is 2. The maximum absolute atomic E-state index is 13.0. The minimum absolute atomic E-state index is 0.0000922.